The van der Waals surface area contributed by atoms with Crippen molar-refractivity contribution < 1.29 is 22.7 Å². The van der Waals surface area contributed by atoms with Crippen LogP contribution in [0.3, 0.4) is 0 Å². The van der Waals surface area contributed by atoms with Gasteiger partial charge in [-0.25, -0.2) is 4.79 Å². The Morgan fingerprint density at radius 3 is 2.48 bits per heavy atom. The molecule has 0 aliphatic carbocycles. The highest BCUT2D eigenvalue weighted by molar-refractivity contribution is 5.85. The fourth-order valence-electron chi connectivity index (χ4n) is 2.43. The van der Waals surface area contributed by atoms with Gasteiger partial charge in [0, 0.05) is 19.1 Å². The first kappa shape index (κ1) is 19.6. The SMILES string of the molecule is Cc1cc(COC(=O)N2CCC(N)CC2)cc(C(F)(F)F)c1.Cl. The zero-order chi connectivity index (χ0) is 16.3. The molecule has 1 fully saturated rings. The van der Waals surface area contributed by atoms with Gasteiger partial charge in [0.05, 0.1) is 5.56 Å². The third kappa shape index (κ3) is 5.58. The van der Waals surface area contributed by atoms with Crippen molar-refractivity contribution in [3.63, 3.8) is 0 Å². The van der Waals surface area contributed by atoms with Gasteiger partial charge < -0.3 is 15.4 Å². The number of alkyl halides is 3. The molecule has 1 aliphatic rings. The summed E-state index contributed by atoms with van der Waals surface area (Å²) >= 11 is 0. The lowest BCUT2D eigenvalue weighted by atomic mass is 10.1. The van der Waals surface area contributed by atoms with Gasteiger partial charge in [0.25, 0.3) is 0 Å². The Morgan fingerprint density at radius 2 is 1.91 bits per heavy atom. The average Bonchev–Trinajstić information content (AvgIpc) is 2.44. The van der Waals surface area contributed by atoms with Crippen LogP contribution in [0.1, 0.15) is 29.5 Å². The van der Waals surface area contributed by atoms with Crippen LogP contribution in [0.15, 0.2) is 18.2 Å². The predicted molar refractivity (Wildman–Crippen MR) is 82.4 cm³/mol. The predicted octanol–water partition coefficient (Wildman–Crippen LogP) is 3.50. The molecule has 0 unspecified atom stereocenters. The summed E-state index contributed by atoms with van der Waals surface area (Å²) in [5, 5.41) is 0. The Labute approximate surface area is 139 Å². The van der Waals surface area contributed by atoms with Gasteiger partial charge in [-0.05, 0) is 37.5 Å². The molecule has 23 heavy (non-hydrogen) atoms. The van der Waals surface area contributed by atoms with Crippen LogP contribution < -0.4 is 5.73 Å². The second kappa shape index (κ2) is 7.88. The van der Waals surface area contributed by atoms with E-state index in [0.29, 0.717) is 37.1 Å². The molecule has 1 aliphatic heterocycles. The van der Waals surface area contributed by atoms with Crippen LogP contribution in [0.25, 0.3) is 0 Å². The number of hydrogen-bond acceptors (Lipinski definition) is 3. The van der Waals surface area contributed by atoms with Crippen molar-refractivity contribution in [1.29, 1.82) is 0 Å². The molecule has 1 aromatic rings. The second-order valence-electron chi connectivity index (χ2n) is 5.58. The maximum absolute atomic E-state index is 12.7. The highest BCUT2D eigenvalue weighted by Gasteiger charge is 2.31. The number of carbonyl (C=O) groups excluding carboxylic acids is 1. The van der Waals surface area contributed by atoms with Gasteiger partial charge in [-0.15, -0.1) is 12.4 Å². The number of piperidine rings is 1. The summed E-state index contributed by atoms with van der Waals surface area (Å²) in [6, 6.07) is 3.74. The molecule has 0 atom stereocenters. The molecule has 1 heterocycles. The van der Waals surface area contributed by atoms with E-state index in [4.69, 9.17) is 10.5 Å². The van der Waals surface area contributed by atoms with Crippen molar-refractivity contribution in [3.05, 3.63) is 34.9 Å². The van der Waals surface area contributed by atoms with E-state index in [-0.39, 0.29) is 25.1 Å². The highest BCUT2D eigenvalue weighted by atomic mass is 35.5. The number of carbonyl (C=O) groups is 1. The van der Waals surface area contributed by atoms with Crippen molar-refractivity contribution >= 4 is 18.5 Å². The fourth-order valence-corrected chi connectivity index (χ4v) is 2.43. The molecule has 0 saturated carbocycles. The molecule has 2 rings (SSSR count). The van der Waals surface area contributed by atoms with Gasteiger partial charge in [-0.1, -0.05) is 11.6 Å². The number of rotatable bonds is 2. The van der Waals surface area contributed by atoms with Crippen molar-refractivity contribution in [2.75, 3.05) is 13.1 Å². The highest BCUT2D eigenvalue weighted by Crippen LogP contribution is 2.30. The van der Waals surface area contributed by atoms with Crippen molar-refractivity contribution in [1.82, 2.24) is 4.90 Å². The molecule has 1 amide bonds. The van der Waals surface area contributed by atoms with Crippen molar-refractivity contribution in [2.45, 2.75) is 38.6 Å². The first-order valence-electron chi connectivity index (χ1n) is 7.11. The monoisotopic (exact) mass is 352 g/mol. The maximum atomic E-state index is 12.7. The molecule has 0 spiro atoms. The lowest BCUT2D eigenvalue weighted by Gasteiger charge is -2.29. The number of amides is 1. The van der Waals surface area contributed by atoms with Crippen molar-refractivity contribution in [3.8, 4) is 0 Å². The molecular formula is C15H20ClF3N2O2. The Bertz CT molecular complexity index is 544. The second-order valence-corrected chi connectivity index (χ2v) is 5.58. The number of halogens is 4. The molecule has 8 heteroatoms. The van der Waals surface area contributed by atoms with Gasteiger partial charge in [0.2, 0.25) is 0 Å². The summed E-state index contributed by atoms with van der Waals surface area (Å²) < 4.78 is 43.3. The van der Waals surface area contributed by atoms with Crippen LogP contribution in [-0.2, 0) is 17.5 Å². The Morgan fingerprint density at radius 1 is 1.30 bits per heavy atom. The summed E-state index contributed by atoms with van der Waals surface area (Å²) in [5.41, 5.74) is 5.82. The number of ether oxygens (including phenoxy) is 1. The zero-order valence-corrected chi connectivity index (χ0v) is 13.5. The van der Waals surface area contributed by atoms with Gasteiger partial charge in [-0.3, -0.25) is 0 Å². The van der Waals surface area contributed by atoms with E-state index in [1.165, 1.54) is 4.90 Å². The summed E-state index contributed by atoms with van der Waals surface area (Å²) in [4.78, 5) is 13.4. The summed E-state index contributed by atoms with van der Waals surface area (Å²) in [6.45, 7) is 2.43. The number of benzene rings is 1. The normalized spacial score (nSPS) is 16.0. The lowest BCUT2D eigenvalue weighted by Crippen LogP contribution is -2.43. The topological polar surface area (TPSA) is 55.6 Å². The number of aryl methyl sites for hydroxylation is 1. The third-order valence-electron chi connectivity index (χ3n) is 3.62. The van der Waals surface area contributed by atoms with E-state index < -0.39 is 17.8 Å². The van der Waals surface area contributed by atoms with Crippen LogP contribution in [0.4, 0.5) is 18.0 Å². The van der Waals surface area contributed by atoms with Gasteiger partial charge >= 0.3 is 12.3 Å². The van der Waals surface area contributed by atoms with Crippen LogP contribution in [-0.4, -0.2) is 30.1 Å². The molecule has 2 N–H and O–H groups in total. The number of nitrogens with two attached hydrogens (primary N) is 1. The summed E-state index contributed by atoms with van der Waals surface area (Å²) in [6.07, 6.45) is -3.51. The third-order valence-corrected chi connectivity index (χ3v) is 3.62. The molecule has 0 radical (unpaired) electrons. The quantitative estimate of drug-likeness (QED) is 0.886. The Balaban J connectivity index is 0.00000264. The fraction of sp³-hybridized carbons (Fsp3) is 0.533. The largest absolute Gasteiger partial charge is 0.445 e. The van der Waals surface area contributed by atoms with E-state index >= 15 is 0 Å². The van der Waals surface area contributed by atoms with E-state index in [1.807, 2.05) is 0 Å². The maximum Gasteiger partial charge on any atom is 0.416 e. The molecule has 4 nitrogen and oxygen atoms in total. The minimum Gasteiger partial charge on any atom is -0.445 e. The van der Waals surface area contributed by atoms with Gasteiger partial charge in [-0.2, -0.15) is 13.2 Å². The van der Waals surface area contributed by atoms with E-state index in [2.05, 4.69) is 0 Å². The molecular weight excluding hydrogens is 333 g/mol. The van der Waals surface area contributed by atoms with Gasteiger partial charge in [0.1, 0.15) is 6.61 Å². The molecule has 1 saturated heterocycles. The number of nitrogens with zero attached hydrogens (tertiary/aromatic N) is 1. The minimum atomic E-state index is -4.41. The number of hydrogen-bond donors (Lipinski definition) is 1. The van der Waals surface area contributed by atoms with Gasteiger partial charge in [0.15, 0.2) is 0 Å². The minimum absolute atomic E-state index is 0. The summed E-state index contributed by atoms with van der Waals surface area (Å²) in [5.74, 6) is 0. The lowest BCUT2D eigenvalue weighted by molar-refractivity contribution is -0.137. The molecule has 0 bridgehead atoms. The standard InChI is InChI=1S/C15H19F3N2O2.ClH/c1-10-6-11(8-12(7-10)15(16,17)18)9-22-14(21)20-4-2-13(19)3-5-20;/h6-8,13H,2-5,9,19H2,1H3;1H. The Kier molecular flexibility index (Phi) is 6.70. The van der Waals surface area contributed by atoms with Crippen LogP contribution in [0, 0.1) is 6.92 Å². The molecule has 0 aromatic heterocycles. The van der Waals surface area contributed by atoms with Crippen LogP contribution in [0.5, 0.6) is 0 Å². The Hall–Kier alpha value is -1.47. The first-order valence-corrected chi connectivity index (χ1v) is 7.11. The van der Waals surface area contributed by atoms with E-state index in [9.17, 15) is 18.0 Å². The van der Waals surface area contributed by atoms with E-state index in [1.54, 1.807) is 13.0 Å². The number of likely N-dealkylation sites (tertiary alicyclic amines) is 1. The molecule has 1 aromatic carbocycles. The van der Waals surface area contributed by atoms with Crippen LogP contribution in [0.2, 0.25) is 0 Å². The van der Waals surface area contributed by atoms with Crippen LogP contribution >= 0.6 is 12.4 Å². The summed E-state index contributed by atoms with van der Waals surface area (Å²) in [7, 11) is 0. The zero-order valence-electron chi connectivity index (χ0n) is 12.7. The van der Waals surface area contributed by atoms with E-state index in [0.717, 1.165) is 12.1 Å². The first-order chi connectivity index (χ1) is 10.3. The molecule has 130 valence electrons. The smallest absolute Gasteiger partial charge is 0.416 e. The average molecular weight is 353 g/mol. The van der Waals surface area contributed by atoms with Crippen molar-refractivity contribution in [2.24, 2.45) is 5.73 Å².